The molecular formula is C40H59N10O20+3. The highest BCUT2D eigenvalue weighted by molar-refractivity contribution is 5.88. The van der Waals surface area contributed by atoms with Gasteiger partial charge in [-0.05, 0) is 32.1 Å². The first kappa shape index (κ1) is 57.9. The summed E-state index contributed by atoms with van der Waals surface area (Å²) in [6.07, 6.45) is 4.29. The molecule has 2 unspecified atom stereocenters. The Hall–Kier alpha value is -8.18. The lowest BCUT2D eigenvalue weighted by molar-refractivity contribution is -0.989. The zero-order valence-corrected chi connectivity index (χ0v) is 37.2. The van der Waals surface area contributed by atoms with E-state index < -0.39 is 155 Å². The van der Waals surface area contributed by atoms with Crippen LogP contribution in [0.15, 0.2) is 24.8 Å². The van der Waals surface area contributed by atoms with Gasteiger partial charge in [0.25, 0.3) is 11.8 Å². The number of carboxylic acids is 8. The Morgan fingerprint density at radius 1 is 0.571 bits per heavy atom. The largest absolute Gasteiger partial charge is 0.481 e. The Morgan fingerprint density at radius 3 is 1.33 bits per heavy atom. The molecule has 386 valence electrons. The number of hydrogen-bond donors (Lipinski definition) is 11. The van der Waals surface area contributed by atoms with Gasteiger partial charge in [-0.25, -0.2) is 28.3 Å². The molecule has 3 rings (SSSR count). The lowest BCUT2D eigenvalue weighted by Gasteiger charge is -2.33. The van der Waals surface area contributed by atoms with Crippen LogP contribution in [0.4, 0.5) is 4.79 Å². The first-order chi connectivity index (χ1) is 32.3. The molecule has 0 bridgehead atoms. The molecule has 5 amide bonds. The number of unbranched alkanes of at least 4 members (excludes halogenated alkanes) is 1. The van der Waals surface area contributed by atoms with Gasteiger partial charge in [0.15, 0.2) is 26.2 Å². The van der Waals surface area contributed by atoms with Gasteiger partial charge in [-0.2, -0.15) is 9.13 Å². The number of amides is 5. The molecule has 0 saturated heterocycles. The molecular weight excluding hydrogens is 940 g/mol. The predicted octanol–water partition coefficient (Wildman–Crippen LogP) is -3.95. The van der Waals surface area contributed by atoms with E-state index in [0.29, 0.717) is 21.4 Å². The SMILES string of the molecule is C.C[N+]1(CCCC[C@@H](NC(=O)CCC(NC(=O)NC(CCC(=O)O)C(=O)O)C(=O)O)C(=O)O)Cc2n(CC(=O)N(CC(=O)O)CC(=O)O)cc[n+]2C[n+]2ccn(CC(=O)N(CC(=O)O)CC(=O)O)c2C1. The van der Waals surface area contributed by atoms with Crippen LogP contribution >= 0.6 is 0 Å². The van der Waals surface area contributed by atoms with Crippen molar-refractivity contribution in [1.29, 1.82) is 0 Å². The van der Waals surface area contributed by atoms with Gasteiger partial charge in [0, 0.05) is 12.8 Å². The first-order valence-electron chi connectivity index (χ1n) is 20.9. The number of urea groups is 1. The maximum absolute atomic E-state index is 13.3. The molecule has 0 aromatic carbocycles. The Bertz CT molecular complexity index is 2180. The normalized spacial score (nSPS) is 13.7. The molecule has 30 heteroatoms. The van der Waals surface area contributed by atoms with Crippen LogP contribution in [0.25, 0.3) is 0 Å². The number of aliphatic carboxylic acids is 8. The third-order valence-electron chi connectivity index (χ3n) is 10.7. The van der Waals surface area contributed by atoms with E-state index >= 15 is 0 Å². The van der Waals surface area contributed by atoms with Crippen LogP contribution in [0.1, 0.15) is 64.0 Å². The molecule has 2 aromatic heterocycles. The maximum atomic E-state index is 13.3. The number of hydrogen-bond acceptors (Lipinski definition) is 12. The van der Waals surface area contributed by atoms with Crippen LogP contribution < -0.4 is 25.1 Å². The summed E-state index contributed by atoms with van der Waals surface area (Å²) in [4.78, 5) is 145. The number of quaternary nitrogens is 1. The third-order valence-corrected chi connectivity index (χ3v) is 10.7. The second-order valence-corrected chi connectivity index (χ2v) is 16.3. The van der Waals surface area contributed by atoms with Gasteiger partial charge in [-0.15, -0.1) is 0 Å². The molecule has 0 radical (unpaired) electrons. The van der Waals surface area contributed by atoms with Gasteiger partial charge in [0.05, 0.1) is 13.6 Å². The summed E-state index contributed by atoms with van der Waals surface area (Å²) >= 11 is 0. The van der Waals surface area contributed by atoms with Gasteiger partial charge in [-0.1, -0.05) is 7.43 Å². The van der Waals surface area contributed by atoms with E-state index in [1.165, 1.54) is 21.5 Å². The highest BCUT2D eigenvalue weighted by Crippen LogP contribution is 2.20. The van der Waals surface area contributed by atoms with Crippen molar-refractivity contribution in [3.8, 4) is 0 Å². The van der Waals surface area contributed by atoms with Crippen molar-refractivity contribution in [2.45, 2.75) is 103 Å². The Kier molecular flexibility index (Phi) is 21.8. The summed E-state index contributed by atoms with van der Waals surface area (Å²) in [6.45, 7) is -3.89. The van der Waals surface area contributed by atoms with Crippen molar-refractivity contribution >= 4 is 71.5 Å². The second-order valence-electron chi connectivity index (χ2n) is 16.3. The summed E-state index contributed by atoms with van der Waals surface area (Å²) in [5.41, 5.74) is 0. The fraction of sp³-hybridized carbons (Fsp3) is 0.550. The second kappa shape index (κ2) is 26.4. The fourth-order valence-corrected chi connectivity index (χ4v) is 7.36. The summed E-state index contributed by atoms with van der Waals surface area (Å²) in [5.74, 6) is -13.3. The molecule has 3 heterocycles. The molecule has 0 spiro atoms. The number of nitrogens with one attached hydrogen (secondary N) is 3. The molecule has 1 aliphatic rings. The van der Waals surface area contributed by atoms with Crippen molar-refractivity contribution in [3.05, 3.63) is 36.4 Å². The van der Waals surface area contributed by atoms with Gasteiger partial charge >= 0.3 is 65.4 Å². The quantitative estimate of drug-likeness (QED) is 0.0210. The smallest absolute Gasteiger partial charge is 0.326 e. The first-order valence-corrected chi connectivity index (χ1v) is 20.9. The maximum Gasteiger partial charge on any atom is 0.326 e. The standard InChI is InChI=1S/C39H52N10O20.CH4/c1-49(13-3-2-4-23(36(63)64)40-26(50)7-5-24(37(65)66)41-39(69)42-25(38(67)68)6-8-31(53)54)20-27-43(14-29(51)47(16-32(55)56)17-33(57)58)9-11-45(27)22-46-12-10-44(28(46)21-49)15-30(52)48(18-34(59)60)19-35(61)62;/h9-12,23-25H,2-8,13-22H2,1H3,(H8-3,40,41,42,50,53,54,55,56,57,58,59,60,61,62,63,64,65,66,67,68,69);1H4/p+3/t23-,24?,25?;/m1./s1. The topological polar surface area (TPSA) is 427 Å². The predicted molar refractivity (Wildman–Crippen MR) is 228 cm³/mol. The molecule has 70 heavy (non-hydrogen) atoms. The Labute approximate surface area is 397 Å². The van der Waals surface area contributed by atoms with E-state index in [9.17, 15) is 93.3 Å². The molecule has 0 fully saturated rings. The van der Waals surface area contributed by atoms with Crippen LogP contribution in [-0.2, 0) is 85.6 Å². The van der Waals surface area contributed by atoms with Crippen molar-refractivity contribution in [1.82, 2.24) is 34.9 Å². The minimum Gasteiger partial charge on any atom is -0.481 e. The monoisotopic (exact) mass is 999 g/mol. The van der Waals surface area contributed by atoms with Gasteiger partial charge < -0.3 is 71.1 Å². The molecule has 3 atom stereocenters. The van der Waals surface area contributed by atoms with Crippen molar-refractivity contribution < 1.29 is 112 Å². The number of rotatable bonds is 29. The molecule has 1 aliphatic heterocycles. The van der Waals surface area contributed by atoms with E-state index in [0.717, 1.165) is 0 Å². The zero-order valence-electron chi connectivity index (χ0n) is 37.2. The van der Waals surface area contributed by atoms with Crippen LogP contribution in [0.2, 0.25) is 0 Å². The summed E-state index contributed by atoms with van der Waals surface area (Å²) in [6, 6.07) is -6.17. The minimum absolute atomic E-state index is 0. The number of carboxylic acid groups (broad SMARTS) is 8. The Morgan fingerprint density at radius 2 is 0.957 bits per heavy atom. The Balaban J connectivity index is 0.0000168. The average molecular weight is 1000 g/mol. The lowest BCUT2D eigenvalue weighted by atomic mass is 10.1. The zero-order chi connectivity index (χ0) is 51.7. The van der Waals surface area contributed by atoms with Crippen molar-refractivity contribution in [2.24, 2.45) is 0 Å². The van der Waals surface area contributed by atoms with E-state index in [-0.39, 0.29) is 57.5 Å². The molecule has 2 aromatic rings. The number of carbonyl (C=O) groups is 12. The molecule has 11 N–H and O–H groups in total. The van der Waals surface area contributed by atoms with Crippen LogP contribution in [0.5, 0.6) is 0 Å². The van der Waals surface area contributed by atoms with Gasteiger partial charge in [0.1, 0.15) is 69.1 Å². The van der Waals surface area contributed by atoms with Crippen LogP contribution in [0, 0.1) is 0 Å². The van der Waals surface area contributed by atoms with E-state index in [1.807, 2.05) is 10.6 Å². The number of imidazole rings is 2. The fourth-order valence-electron chi connectivity index (χ4n) is 7.36. The van der Waals surface area contributed by atoms with Crippen LogP contribution in [0.3, 0.4) is 0 Å². The van der Waals surface area contributed by atoms with E-state index in [4.69, 9.17) is 5.11 Å². The van der Waals surface area contributed by atoms with Gasteiger partial charge in [0.2, 0.25) is 12.6 Å². The van der Waals surface area contributed by atoms with Crippen molar-refractivity contribution in [2.75, 3.05) is 39.8 Å². The summed E-state index contributed by atoms with van der Waals surface area (Å²) in [7, 11) is 1.79. The third kappa shape index (κ3) is 18.5. The number of fused-ring (bicyclic) bond motifs is 2. The number of aromatic nitrogens is 4. The van der Waals surface area contributed by atoms with E-state index in [2.05, 4.69) is 5.32 Å². The van der Waals surface area contributed by atoms with Gasteiger partial charge in [-0.3, -0.25) is 38.4 Å². The molecule has 30 nitrogen and oxygen atoms in total. The average Bonchev–Trinajstić information content (AvgIpc) is 3.76. The van der Waals surface area contributed by atoms with Crippen LogP contribution in [-0.4, -0.2) is 194 Å². The minimum atomic E-state index is -1.74. The van der Waals surface area contributed by atoms with Crippen molar-refractivity contribution in [3.63, 3.8) is 0 Å². The summed E-state index contributed by atoms with van der Waals surface area (Å²) < 4.78 is 6.56. The molecule has 0 aliphatic carbocycles. The molecule has 0 saturated carbocycles. The highest BCUT2D eigenvalue weighted by Gasteiger charge is 2.40. The summed E-state index contributed by atoms with van der Waals surface area (Å²) in [5, 5.41) is 81.2. The highest BCUT2D eigenvalue weighted by atomic mass is 16.4. The number of carbonyl (C=O) groups excluding carboxylic acids is 4. The lowest BCUT2D eigenvalue weighted by Crippen LogP contribution is -2.61. The number of nitrogens with zero attached hydrogens (tertiary/aromatic N) is 7. The van der Waals surface area contributed by atoms with E-state index in [1.54, 1.807) is 28.6 Å².